The van der Waals surface area contributed by atoms with Crippen molar-refractivity contribution < 1.29 is 13.2 Å². The van der Waals surface area contributed by atoms with Crippen LogP contribution in [0.4, 0.5) is 0 Å². The first kappa shape index (κ1) is 20.9. The number of halogens is 1. The molecule has 1 aromatic carbocycles. The molecule has 0 radical (unpaired) electrons. The first-order valence-corrected chi connectivity index (χ1v) is 9.42. The minimum atomic E-state index is -3.53. The minimum Gasteiger partial charge on any atom is -0.354 e. The number of carbonyl (C=O) groups is 1. The second-order valence-corrected chi connectivity index (χ2v) is 8.07. The van der Waals surface area contributed by atoms with E-state index in [9.17, 15) is 13.2 Å². The fourth-order valence-electron chi connectivity index (χ4n) is 2.97. The molecule has 0 spiro atoms. The van der Waals surface area contributed by atoms with Gasteiger partial charge in [-0.3, -0.25) is 4.79 Å². The molecule has 1 amide bonds. The number of hydrogen-bond donors (Lipinski definition) is 3. The zero-order valence-electron chi connectivity index (χ0n) is 13.8. The number of amides is 1. The van der Waals surface area contributed by atoms with Crippen molar-refractivity contribution in [3.8, 4) is 0 Å². The van der Waals surface area contributed by atoms with E-state index in [0.29, 0.717) is 0 Å². The molecule has 8 heteroatoms. The highest BCUT2D eigenvalue weighted by Gasteiger charge is 2.37. The van der Waals surface area contributed by atoms with Crippen LogP contribution in [0.1, 0.15) is 32.6 Å². The second-order valence-electron chi connectivity index (χ2n) is 6.31. The van der Waals surface area contributed by atoms with Crippen LogP contribution in [0.3, 0.4) is 0 Å². The molecular weight excluding hydrogens is 350 g/mol. The summed E-state index contributed by atoms with van der Waals surface area (Å²) in [6.45, 7) is 2.31. The molecule has 0 aliphatic heterocycles. The fourth-order valence-corrected chi connectivity index (χ4v) is 4.02. The molecule has 1 saturated carbocycles. The highest BCUT2D eigenvalue weighted by atomic mass is 35.5. The maximum atomic E-state index is 12.2. The van der Waals surface area contributed by atoms with E-state index >= 15 is 0 Å². The third-order valence-corrected chi connectivity index (χ3v) is 5.82. The van der Waals surface area contributed by atoms with Gasteiger partial charge in [0, 0.05) is 18.6 Å². The topological polar surface area (TPSA) is 101 Å². The Labute approximate surface area is 150 Å². The van der Waals surface area contributed by atoms with E-state index in [4.69, 9.17) is 5.73 Å². The second kappa shape index (κ2) is 8.80. The van der Waals surface area contributed by atoms with Crippen LogP contribution < -0.4 is 15.8 Å². The lowest BCUT2D eigenvalue weighted by molar-refractivity contribution is -0.128. The van der Waals surface area contributed by atoms with Crippen molar-refractivity contribution in [3.05, 3.63) is 30.3 Å². The Hall–Kier alpha value is -1.15. The summed E-state index contributed by atoms with van der Waals surface area (Å²) in [5.74, 6) is -0.296. The molecule has 1 fully saturated rings. The van der Waals surface area contributed by atoms with Crippen LogP contribution in [0.2, 0.25) is 0 Å². The Balaban J connectivity index is 0.00000288. The highest BCUT2D eigenvalue weighted by Crippen LogP contribution is 2.31. The summed E-state index contributed by atoms with van der Waals surface area (Å²) in [6.07, 6.45) is 3.68. The number of hydrogen-bond acceptors (Lipinski definition) is 4. The maximum Gasteiger partial charge on any atom is 0.240 e. The van der Waals surface area contributed by atoms with Gasteiger partial charge in [0.05, 0.1) is 10.8 Å². The van der Waals surface area contributed by atoms with Crippen molar-refractivity contribution in [2.24, 2.45) is 11.7 Å². The Kier molecular flexibility index (Phi) is 7.66. The smallest absolute Gasteiger partial charge is 0.240 e. The summed E-state index contributed by atoms with van der Waals surface area (Å²) < 4.78 is 26.6. The van der Waals surface area contributed by atoms with E-state index < -0.39 is 15.6 Å². The van der Waals surface area contributed by atoms with Gasteiger partial charge in [0.1, 0.15) is 0 Å². The zero-order chi connectivity index (χ0) is 16.9. The number of nitrogens with one attached hydrogen (secondary N) is 2. The van der Waals surface area contributed by atoms with E-state index in [1.54, 1.807) is 18.2 Å². The van der Waals surface area contributed by atoms with Crippen molar-refractivity contribution in [1.29, 1.82) is 0 Å². The zero-order valence-corrected chi connectivity index (χ0v) is 15.5. The first-order valence-electron chi connectivity index (χ1n) is 7.94. The Morgan fingerprint density at radius 3 is 2.54 bits per heavy atom. The summed E-state index contributed by atoms with van der Waals surface area (Å²) in [4.78, 5) is 12.5. The third-order valence-electron chi connectivity index (χ3n) is 4.34. The number of rotatable bonds is 6. The van der Waals surface area contributed by atoms with Crippen molar-refractivity contribution in [2.45, 2.75) is 43.0 Å². The van der Waals surface area contributed by atoms with E-state index in [-0.39, 0.29) is 42.2 Å². The average Bonchev–Trinajstić information content (AvgIpc) is 2.52. The van der Waals surface area contributed by atoms with Gasteiger partial charge in [-0.25, -0.2) is 13.1 Å². The van der Waals surface area contributed by atoms with Crippen molar-refractivity contribution in [1.82, 2.24) is 10.0 Å². The molecule has 1 aliphatic carbocycles. The van der Waals surface area contributed by atoms with Crippen LogP contribution in [0.5, 0.6) is 0 Å². The monoisotopic (exact) mass is 375 g/mol. The average molecular weight is 376 g/mol. The van der Waals surface area contributed by atoms with Crippen LogP contribution in [0.15, 0.2) is 35.2 Å². The number of benzene rings is 1. The SMILES string of the molecule is CC1(N)CCCCC1C(=O)NCCNS(=O)(=O)c1ccccc1.Cl. The van der Waals surface area contributed by atoms with Crippen LogP contribution in [0, 0.1) is 5.92 Å². The summed E-state index contributed by atoms with van der Waals surface area (Å²) in [5, 5.41) is 2.79. The molecule has 4 N–H and O–H groups in total. The van der Waals surface area contributed by atoms with Gasteiger partial charge in [-0.1, -0.05) is 31.0 Å². The fraction of sp³-hybridized carbons (Fsp3) is 0.562. The molecule has 6 nitrogen and oxygen atoms in total. The molecule has 0 aromatic heterocycles. The Morgan fingerprint density at radius 2 is 1.92 bits per heavy atom. The van der Waals surface area contributed by atoms with Crippen molar-refractivity contribution in [2.75, 3.05) is 13.1 Å². The summed E-state index contributed by atoms with van der Waals surface area (Å²) in [5.41, 5.74) is 5.72. The van der Waals surface area contributed by atoms with E-state index in [2.05, 4.69) is 10.0 Å². The van der Waals surface area contributed by atoms with Gasteiger partial charge in [-0.15, -0.1) is 12.4 Å². The molecule has 0 saturated heterocycles. The van der Waals surface area contributed by atoms with Gasteiger partial charge < -0.3 is 11.1 Å². The lowest BCUT2D eigenvalue weighted by atomic mass is 9.74. The molecule has 2 atom stereocenters. The molecule has 136 valence electrons. The van der Waals surface area contributed by atoms with Gasteiger partial charge in [-0.2, -0.15) is 0 Å². The van der Waals surface area contributed by atoms with Crippen LogP contribution in [-0.2, 0) is 14.8 Å². The predicted molar refractivity (Wildman–Crippen MR) is 96.4 cm³/mol. The van der Waals surface area contributed by atoms with E-state index in [1.165, 1.54) is 12.1 Å². The summed E-state index contributed by atoms with van der Waals surface area (Å²) in [6, 6.07) is 8.15. The standard InChI is InChI=1S/C16H25N3O3S.ClH/c1-16(17)10-6-5-9-14(16)15(20)18-11-12-19-23(21,22)13-7-3-2-4-8-13;/h2-4,7-8,14,19H,5-6,9-12,17H2,1H3,(H,18,20);1H. The minimum absolute atomic E-state index is 0. The first-order chi connectivity index (χ1) is 10.8. The van der Waals surface area contributed by atoms with E-state index in [0.717, 1.165) is 25.7 Å². The molecule has 0 heterocycles. The molecule has 1 aliphatic rings. The van der Waals surface area contributed by atoms with Crippen molar-refractivity contribution >= 4 is 28.3 Å². The van der Waals surface area contributed by atoms with Crippen molar-refractivity contribution in [3.63, 3.8) is 0 Å². The third kappa shape index (κ3) is 5.44. The number of sulfonamides is 1. The van der Waals surface area contributed by atoms with Gasteiger partial charge in [0.2, 0.25) is 15.9 Å². The highest BCUT2D eigenvalue weighted by molar-refractivity contribution is 7.89. The van der Waals surface area contributed by atoms with Gasteiger partial charge >= 0.3 is 0 Å². The predicted octanol–water partition coefficient (Wildman–Crippen LogP) is 1.41. The molecule has 24 heavy (non-hydrogen) atoms. The maximum absolute atomic E-state index is 12.2. The Morgan fingerprint density at radius 1 is 1.25 bits per heavy atom. The largest absolute Gasteiger partial charge is 0.354 e. The van der Waals surface area contributed by atoms with Gasteiger partial charge in [0.25, 0.3) is 0 Å². The van der Waals surface area contributed by atoms with Crippen LogP contribution in [0.25, 0.3) is 0 Å². The lowest BCUT2D eigenvalue weighted by Crippen LogP contribution is -2.53. The number of nitrogens with two attached hydrogens (primary N) is 1. The quantitative estimate of drug-likeness (QED) is 0.654. The summed E-state index contributed by atoms with van der Waals surface area (Å²) in [7, 11) is -3.53. The molecule has 2 rings (SSSR count). The molecule has 0 bridgehead atoms. The van der Waals surface area contributed by atoms with Gasteiger partial charge in [0.15, 0.2) is 0 Å². The lowest BCUT2D eigenvalue weighted by Gasteiger charge is -2.37. The van der Waals surface area contributed by atoms with Gasteiger partial charge in [-0.05, 0) is 31.9 Å². The molecule has 1 aromatic rings. The normalized spacial score (nSPS) is 24.0. The Bertz CT molecular complexity index is 635. The number of carbonyl (C=O) groups excluding carboxylic acids is 1. The van der Waals surface area contributed by atoms with E-state index in [1.807, 2.05) is 6.92 Å². The van der Waals surface area contributed by atoms with Crippen LogP contribution >= 0.6 is 12.4 Å². The van der Waals surface area contributed by atoms with Crippen LogP contribution in [-0.4, -0.2) is 33.0 Å². The molecule has 2 unspecified atom stereocenters. The molecular formula is C16H26ClN3O3S. The summed E-state index contributed by atoms with van der Waals surface area (Å²) >= 11 is 0.